The smallest absolute Gasteiger partial charge is 0.337 e. The van der Waals surface area contributed by atoms with Crippen LogP contribution in [0.4, 0.5) is 0 Å². The van der Waals surface area contributed by atoms with Crippen molar-refractivity contribution in [1.82, 2.24) is 33.6 Å². The quantitative estimate of drug-likeness (QED) is 0.0937. The number of imidazole rings is 2. The van der Waals surface area contributed by atoms with Gasteiger partial charge in [-0.25, -0.2) is 24.4 Å². The van der Waals surface area contributed by atoms with E-state index >= 15 is 0 Å². The summed E-state index contributed by atoms with van der Waals surface area (Å²) in [5.74, 6) is 1.64. The lowest BCUT2D eigenvalue weighted by molar-refractivity contribution is 0.0592. The SMILES string of the molecule is COC(=O)c1ccc2c(C3CCCCC3)c(-c3nc4ccccc4[nH]3)n(C)c2c1.COC(=O)c1ccc2c(C3CCCCC3)c(C=O)n(C)c2c1.Cn1c(-c2nc3ccccc3[nH]2)c(C2CCCCC2)c2ccc(C(=O)O)cc21. The zero-order chi connectivity index (χ0) is 54.9. The average Bonchev–Trinajstić information content (AvgIpc) is 4.48. The van der Waals surface area contributed by atoms with E-state index in [1.807, 2.05) is 91.5 Å². The molecule has 0 amide bonds. The molecule has 0 atom stereocenters. The van der Waals surface area contributed by atoms with E-state index in [2.05, 4.69) is 38.3 Å². The van der Waals surface area contributed by atoms with Crippen LogP contribution in [0.1, 0.15) is 172 Å². The molecule has 0 aliphatic heterocycles. The van der Waals surface area contributed by atoms with Gasteiger partial charge in [0.2, 0.25) is 0 Å². The summed E-state index contributed by atoms with van der Waals surface area (Å²) in [6, 6.07) is 33.1. The molecule has 0 saturated heterocycles. The highest BCUT2D eigenvalue weighted by atomic mass is 16.5. The van der Waals surface area contributed by atoms with Gasteiger partial charge in [-0.05, 0) is 134 Å². The summed E-state index contributed by atoms with van der Waals surface area (Å²) in [4.78, 5) is 63.7. The number of H-pyrrole nitrogens is 2. The number of fused-ring (bicyclic) bond motifs is 5. The first-order valence-electron chi connectivity index (χ1n) is 28.1. The molecule has 3 saturated carbocycles. The number of aromatic amines is 2. The number of nitrogens with one attached hydrogen (secondary N) is 2. The number of ether oxygens (including phenoxy) is 2. The van der Waals surface area contributed by atoms with E-state index in [0.717, 1.165) is 103 Å². The fourth-order valence-electron chi connectivity index (χ4n) is 13.3. The molecule has 10 aromatic rings. The Morgan fingerprint density at radius 1 is 0.506 bits per heavy atom. The van der Waals surface area contributed by atoms with Crippen molar-refractivity contribution in [2.45, 2.75) is 114 Å². The molecular formula is C65H69N7O7. The lowest BCUT2D eigenvalue weighted by Crippen LogP contribution is -2.07. The molecule has 3 N–H and O–H groups in total. The normalized spacial score (nSPS) is 15.5. The number of carboxylic acid groups (broad SMARTS) is 1. The highest BCUT2D eigenvalue weighted by Crippen LogP contribution is 2.46. The lowest BCUT2D eigenvalue weighted by atomic mass is 9.82. The Morgan fingerprint density at radius 2 is 0.873 bits per heavy atom. The molecule has 79 heavy (non-hydrogen) atoms. The molecule has 5 aromatic heterocycles. The number of benzene rings is 5. The van der Waals surface area contributed by atoms with Crippen LogP contribution in [0.5, 0.6) is 0 Å². The maximum Gasteiger partial charge on any atom is 0.337 e. The Morgan fingerprint density at radius 3 is 1.27 bits per heavy atom. The summed E-state index contributed by atoms with van der Waals surface area (Å²) in [5, 5.41) is 12.9. The number of esters is 2. The second kappa shape index (κ2) is 22.6. The largest absolute Gasteiger partial charge is 0.478 e. The van der Waals surface area contributed by atoms with Gasteiger partial charge in [0.25, 0.3) is 0 Å². The van der Waals surface area contributed by atoms with Crippen LogP contribution in [0.2, 0.25) is 0 Å². The van der Waals surface area contributed by atoms with Gasteiger partial charge in [0.05, 0.1) is 70.1 Å². The van der Waals surface area contributed by atoms with Gasteiger partial charge in [-0.1, -0.05) is 100 Å². The van der Waals surface area contributed by atoms with Crippen LogP contribution in [0.3, 0.4) is 0 Å². The molecule has 3 fully saturated rings. The van der Waals surface area contributed by atoms with Crippen LogP contribution in [-0.2, 0) is 30.6 Å². The van der Waals surface area contributed by atoms with E-state index < -0.39 is 5.97 Å². The first-order valence-corrected chi connectivity index (χ1v) is 28.1. The number of hydrogen-bond acceptors (Lipinski definition) is 8. The predicted octanol–water partition coefficient (Wildman–Crippen LogP) is 14.8. The summed E-state index contributed by atoms with van der Waals surface area (Å²) >= 11 is 0. The van der Waals surface area contributed by atoms with Crippen molar-refractivity contribution >= 4 is 79.0 Å². The van der Waals surface area contributed by atoms with E-state index in [1.165, 1.54) is 114 Å². The van der Waals surface area contributed by atoms with Crippen molar-refractivity contribution in [3.63, 3.8) is 0 Å². The van der Waals surface area contributed by atoms with E-state index in [4.69, 9.17) is 19.4 Å². The minimum atomic E-state index is -0.896. The Balaban J connectivity index is 0.000000127. The summed E-state index contributed by atoms with van der Waals surface area (Å²) < 4.78 is 15.9. The number of aromatic nitrogens is 7. The van der Waals surface area contributed by atoms with Gasteiger partial charge in [-0.3, -0.25) is 4.79 Å². The topological polar surface area (TPSA) is 179 Å². The lowest BCUT2D eigenvalue weighted by Gasteiger charge is -2.22. The van der Waals surface area contributed by atoms with Gasteiger partial charge >= 0.3 is 17.9 Å². The Labute approximate surface area is 459 Å². The molecule has 0 radical (unpaired) electrons. The molecule has 5 aromatic carbocycles. The van der Waals surface area contributed by atoms with Crippen molar-refractivity contribution in [2.24, 2.45) is 21.1 Å². The van der Waals surface area contributed by atoms with Crippen LogP contribution < -0.4 is 0 Å². The highest BCUT2D eigenvalue weighted by Gasteiger charge is 2.30. The molecule has 3 aliphatic carbocycles. The summed E-state index contributed by atoms with van der Waals surface area (Å²) in [5.41, 5.74) is 15.1. The third-order valence-electron chi connectivity index (χ3n) is 17.2. The van der Waals surface area contributed by atoms with Crippen LogP contribution in [0.15, 0.2) is 103 Å². The van der Waals surface area contributed by atoms with Crippen LogP contribution in [0.25, 0.3) is 77.8 Å². The van der Waals surface area contributed by atoms with Gasteiger partial charge in [0.1, 0.15) is 0 Å². The number of rotatable bonds is 9. The highest BCUT2D eigenvalue weighted by molar-refractivity contribution is 6.01. The number of carbonyl (C=O) groups is 4. The molecule has 5 heterocycles. The molecule has 0 spiro atoms. The molecule has 3 aliphatic rings. The monoisotopic (exact) mass is 1060 g/mol. The maximum atomic E-state index is 12.1. The van der Waals surface area contributed by atoms with E-state index in [9.17, 15) is 24.3 Å². The Bertz CT molecular complexity index is 3860. The number of aromatic carboxylic acids is 1. The van der Waals surface area contributed by atoms with Gasteiger partial charge in [-0.15, -0.1) is 0 Å². The fourth-order valence-corrected chi connectivity index (χ4v) is 13.3. The van der Waals surface area contributed by atoms with Crippen LogP contribution in [-0.4, -0.2) is 77.2 Å². The third kappa shape index (κ3) is 10.0. The summed E-state index contributed by atoms with van der Waals surface area (Å²) in [6.07, 6.45) is 19.3. The van der Waals surface area contributed by atoms with Crippen molar-refractivity contribution in [2.75, 3.05) is 14.2 Å². The van der Waals surface area contributed by atoms with Crippen molar-refractivity contribution in [1.29, 1.82) is 0 Å². The number of nitrogens with zero attached hydrogens (tertiary/aromatic N) is 5. The van der Waals surface area contributed by atoms with Crippen molar-refractivity contribution < 1.29 is 33.8 Å². The first-order chi connectivity index (χ1) is 38.5. The third-order valence-corrected chi connectivity index (χ3v) is 17.2. The van der Waals surface area contributed by atoms with Crippen LogP contribution >= 0.6 is 0 Å². The number of hydrogen-bond donors (Lipinski definition) is 3. The van der Waals surface area contributed by atoms with Gasteiger partial charge in [0.15, 0.2) is 17.9 Å². The van der Waals surface area contributed by atoms with Gasteiger partial charge < -0.3 is 38.2 Å². The number of carboxylic acids is 1. The minimum absolute atomic E-state index is 0.308. The Hall–Kier alpha value is -8.26. The summed E-state index contributed by atoms with van der Waals surface area (Å²) in [6.45, 7) is 0. The molecule has 0 unspecified atom stereocenters. The van der Waals surface area contributed by atoms with Crippen molar-refractivity contribution in [3.8, 4) is 23.0 Å². The molecule has 0 bridgehead atoms. The molecule has 14 heteroatoms. The Kier molecular flexibility index (Phi) is 15.1. The van der Waals surface area contributed by atoms with E-state index in [-0.39, 0.29) is 11.9 Å². The second-order valence-electron chi connectivity index (χ2n) is 21.8. The zero-order valence-corrected chi connectivity index (χ0v) is 45.9. The number of aldehydes is 1. The average molecular weight is 1060 g/mol. The number of para-hydroxylation sites is 4. The standard InChI is InChI=1S/C24H25N3O2.C23H23N3O2.C18H21NO3/c1-27-20-14-16(24(28)29-2)12-13-17(20)21(15-8-4-3-5-9-15)22(27)23-25-18-10-6-7-11-19(18)26-23;1-26-19-13-15(23(27)28)11-12-16(19)20(14-7-3-2-4-8-14)21(26)22-24-17-9-5-6-10-18(17)25-22;1-19-15-10-13(18(21)22-2)8-9-14(15)17(16(19)11-20)12-6-4-3-5-7-12/h6-7,10-15H,3-5,8-9H2,1-2H3,(H,25,26);5-6,9-14H,2-4,7-8H2,1H3,(H,24,25)(H,27,28);8-12H,3-7H2,1-2H3. The number of carbonyl (C=O) groups excluding carboxylic acids is 3. The second-order valence-corrected chi connectivity index (χ2v) is 21.8. The molecule has 13 rings (SSSR count). The van der Waals surface area contributed by atoms with E-state index in [0.29, 0.717) is 34.4 Å². The summed E-state index contributed by atoms with van der Waals surface area (Å²) in [7, 11) is 8.77. The van der Waals surface area contributed by atoms with Gasteiger partial charge in [-0.2, -0.15) is 0 Å². The molecular weight excluding hydrogens is 991 g/mol. The van der Waals surface area contributed by atoms with Crippen LogP contribution in [0, 0.1) is 0 Å². The minimum Gasteiger partial charge on any atom is -0.478 e. The molecule has 14 nitrogen and oxygen atoms in total. The fraction of sp³-hybridized carbons (Fsp3) is 0.354. The maximum absolute atomic E-state index is 12.1. The van der Waals surface area contributed by atoms with E-state index in [1.54, 1.807) is 18.2 Å². The molecule has 406 valence electrons. The van der Waals surface area contributed by atoms with Gasteiger partial charge in [0, 0.05) is 53.9 Å². The number of methoxy groups -OCH3 is 2. The number of aryl methyl sites for hydroxylation is 3. The zero-order valence-electron chi connectivity index (χ0n) is 45.9. The predicted molar refractivity (Wildman–Crippen MR) is 311 cm³/mol. The van der Waals surface area contributed by atoms with Crippen molar-refractivity contribution in [3.05, 3.63) is 142 Å². The first kappa shape index (κ1) is 52.8.